The topological polar surface area (TPSA) is 37.8 Å². The Morgan fingerprint density at radius 3 is 2.57 bits per heavy atom. The standard InChI is InChI=1S/C10H16BrN3/c1-10(2,4-5-11)14-8-9-12-6-3-7-13-9/h3,6-7,14H,4-5,8H2,1-2H3. The minimum absolute atomic E-state index is 0.128. The molecule has 14 heavy (non-hydrogen) atoms. The van der Waals surface area contributed by atoms with E-state index in [0.29, 0.717) is 0 Å². The Bertz CT molecular complexity index is 261. The monoisotopic (exact) mass is 257 g/mol. The van der Waals surface area contributed by atoms with Crippen molar-refractivity contribution in [2.75, 3.05) is 5.33 Å². The van der Waals surface area contributed by atoms with Gasteiger partial charge in [-0.15, -0.1) is 0 Å². The minimum atomic E-state index is 0.128. The van der Waals surface area contributed by atoms with Gasteiger partial charge >= 0.3 is 0 Å². The molecule has 0 bridgehead atoms. The fraction of sp³-hybridized carbons (Fsp3) is 0.600. The van der Waals surface area contributed by atoms with Gasteiger partial charge in [-0.2, -0.15) is 0 Å². The summed E-state index contributed by atoms with van der Waals surface area (Å²) in [6.07, 6.45) is 4.61. The van der Waals surface area contributed by atoms with Crippen LogP contribution in [-0.2, 0) is 6.54 Å². The molecule has 0 aliphatic carbocycles. The lowest BCUT2D eigenvalue weighted by Gasteiger charge is -2.24. The third-order valence-corrected chi connectivity index (χ3v) is 2.46. The molecule has 0 radical (unpaired) electrons. The number of hydrogen-bond donors (Lipinski definition) is 1. The molecule has 1 aromatic rings. The van der Waals surface area contributed by atoms with Gasteiger partial charge in [-0.3, -0.25) is 0 Å². The van der Waals surface area contributed by atoms with Crippen molar-refractivity contribution in [3.8, 4) is 0 Å². The van der Waals surface area contributed by atoms with E-state index < -0.39 is 0 Å². The highest BCUT2D eigenvalue weighted by Crippen LogP contribution is 2.10. The van der Waals surface area contributed by atoms with E-state index in [1.165, 1.54) is 0 Å². The van der Waals surface area contributed by atoms with Crippen LogP contribution in [0.2, 0.25) is 0 Å². The fourth-order valence-corrected chi connectivity index (χ4v) is 2.06. The average molecular weight is 258 g/mol. The predicted molar refractivity (Wildman–Crippen MR) is 61.4 cm³/mol. The van der Waals surface area contributed by atoms with Crippen molar-refractivity contribution in [1.29, 1.82) is 0 Å². The van der Waals surface area contributed by atoms with Gasteiger partial charge in [-0.25, -0.2) is 9.97 Å². The van der Waals surface area contributed by atoms with Crippen LogP contribution in [0.25, 0.3) is 0 Å². The van der Waals surface area contributed by atoms with E-state index in [1.54, 1.807) is 12.4 Å². The summed E-state index contributed by atoms with van der Waals surface area (Å²) in [6, 6.07) is 1.83. The molecule has 3 nitrogen and oxygen atoms in total. The normalized spacial score (nSPS) is 11.6. The summed E-state index contributed by atoms with van der Waals surface area (Å²) < 4.78 is 0. The lowest BCUT2D eigenvalue weighted by atomic mass is 10.0. The van der Waals surface area contributed by atoms with E-state index in [4.69, 9.17) is 0 Å². The number of nitrogens with zero attached hydrogens (tertiary/aromatic N) is 2. The van der Waals surface area contributed by atoms with E-state index in [1.807, 2.05) is 6.07 Å². The van der Waals surface area contributed by atoms with Gasteiger partial charge < -0.3 is 5.32 Å². The molecule has 0 saturated carbocycles. The van der Waals surface area contributed by atoms with E-state index in [2.05, 4.69) is 45.1 Å². The first-order valence-corrected chi connectivity index (χ1v) is 5.83. The molecule has 1 heterocycles. The number of rotatable bonds is 5. The lowest BCUT2D eigenvalue weighted by molar-refractivity contribution is 0.373. The zero-order chi connectivity index (χ0) is 10.4. The van der Waals surface area contributed by atoms with Crippen LogP contribution in [0.5, 0.6) is 0 Å². The predicted octanol–water partition coefficient (Wildman–Crippen LogP) is 2.13. The number of alkyl halides is 1. The summed E-state index contributed by atoms with van der Waals surface area (Å²) in [7, 11) is 0. The van der Waals surface area contributed by atoms with Gasteiger partial charge in [0.15, 0.2) is 0 Å². The van der Waals surface area contributed by atoms with Gasteiger partial charge in [0.1, 0.15) is 5.82 Å². The smallest absolute Gasteiger partial charge is 0.141 e. The molecule has 0 fully saturated rings. The van der Waals surface area contributed by atoms with E-state index in [0.717, 1.165) is 24.1 Å². The number of aromatic nitrogens is 2. The van der Waals surface area contributed by atoms with Crippen LogP contribution in [0.3, 0.4) is 0 Å². The highest BCUT2D eigenvalue weighted by molar-refractivity contribution is 9.09. The van der Waals surface area contributed by atoms with Gasteiger partial charge in [0.25, 0.3) is 0 Å². The van der Waals surface area contributed by atoms with Crippen molar-refractivity contribution in [3.05, 3.63) is 24.3 Å². The second-order valence-electron chi connectivity index (χ2n) is 3.84. The Morgan fingerprint density at radius 1 is 1.36 bits per heavy atom. The molecule has 1 N–H and O–H groups in total. The third-order valence-electron chi connectivity index (χ3n) is 2.06. The first-order valence-electron chi connectivity index (χ1n) is 4.71. The van der Waals surface area contributed by atoms with Crippen LogP contribution >= 0.6 is 15.9 Å². The zero-order valence-electron chi connectivity index (χ0n) is 8.63. The van der Waals surface area contributed by atoms with E-state index in [9.17, 15) is 0 Å². The Morgan fingerprint density at radius 2 is 2.00 bits per heavy atom. The molecule has 0 aliphatic rings. The summed E-state index contributed by atoms with van der Waals surface area (Å²) in [4.78, 5) is 8.31. The number of hydrogen-bond acceptors (Lipinski definition) is 3. The molecule has 4 heteroatoms. The van der Waals surface area contributed by atoms with Gasteiger partial charge in [0, 0.05) is 23.3 Å². The summed E-state index contributed by atoms with van der Waals surface area (Å²) in [5.41, 5.74) is 0.128. The lowest BCUT2D eigenvalue weighted by Crippen LogP contribution is -2.39. The van der Waals surface area contributed by atoms with Crippen LogP contribution in [0, 0.1) is 0 Å². The summed E-state index contributed by atoms with van der Waals surface area (Å²) in [5.74, 6) is 0.843. The van der Waals surface area contributed by atoms with Crippen molar-refractivity contribution in [2.24, 2.45) is 0 Å². The molecule has 0 aromatic carbocycles. The highest BCUT2D eigenvalue weighted by Gasteiger charge is 2.15. The second kappa shape index (κ2) is 5.41. The van der Waals surface area contributed by atoms with Gasteiger partial charge in [-0.05, 0) is 26.3 Å². The molecule has 0 atom stereocenters. The Kier molecular flexibility index (Phi) is 4.48. The largest absolute Gasteiger partial charge is 0.305 e. The van der Waals surface area contributed by atoms with Crippen LogP contribution in [-0.4, -0.2) is 20.8 Å². The molecule has 0 amide bonds. The van der Waals surface area contributed by atoms with Crippen LogP contribution < -0.4 is 5.32 Å². The second-order valence-corrected chi connectivity index (χ2v) is 4.63. The SMILES string of the molecule is CC(C)(CCBr)NCc1ncccn1. The van der Waals surface area contributed by atoms with E-state index >= 15 is 0 Å². The van der Waals surface area contributed by atoms with Crippen molar-refractivity contribution >= 4 is 15.9 Å². The van der Waals surface area contributed by atoms with Gasteiger partial charge in [0.2, 0.25) is 0 Å². The Balaban J connectivity index is 2.40. The first-order chi connectivity index (χ1) is 6.64. The molecule has 0 spiro atoms. The van der Waals surface area contributed by atoms with Crippen molar-refractivity contribution in [2.45, 2.75) is 32.4 Å². The van der Waals surface area contributed by atoms with Crippen molar-refractivity contribution in [3.63, 3.8) is 0 Å². The molecule has 0 aliphatic heterocycles. The maximum atomic E-state index is 4.16. The van der Waals surface area contributed by atoms with Crippen molar-refractivity contribution in [1.82, 2.24) is 15.3 Å². The highest BCUT2D eigenvalue weighted by atomic mass is 79.9. The molecule has 78 valence electrons. The summed E-state index contributed by atoms with van der Waals surface area (Å²) in [6.45, 7) is 5.08. The molecule has 1 aromatic heterocycles. The average Bonchev–Trinajstić information content (AvgIpc) is 2.17. The summed E-state index contributed by atoms with van der Waals surface area (Å²) >= 11 is 3.44. The van der Waals surface area contributed by atoms with Crippen LogP contribution in [0.1, 0.15) is 26.1 Å². The Hall–Kier alpha value is -0.480. The molecule has 0 saturated heterocycles. The number of nitrogens with one attached hydrogen (secondary N) is 1. The molecule has 1 rings (SSSR count). The van der Waals surface area contributed by atoms with Crippen LogP contribution in [0.4, 0.5) is 0 Å². The first kappa shape index (κ1) is 11.6. The quantitative estimate of drug-likeness (QED) is 0.822. The number of halogens is 1. The van der Waals surface area contributed by atoms with E-state index in [-0.39, 0.29) is 5.54 Å². The minimum Gasteiger partial charge on any atom is -0.305 e. The van der Waals surface area contributed by atoms with Crippen LogP contribution in [0.15, 0.2) is 18.5 Å². The van der Waals surface area contributed by atoms with Gasteiger partial charge in [0.05, 0.1) is 6.54 Å². The third kappa shape index (κ3) is 4.15. The molecular weight excluding hydrogens is 242 g/mol. The molecular formula is C10H16BrN3. The zero-order valence-corrected chi connectivity index (χ0v) is 10.2. The molecule has 0 unspecified atom stereocenters. The maximum absolute atomic E-state index is 4.16. The van der Waals surface area contributed by atoms with Gasteiger partial charge in [-0.1, -0.05) is 15.9 Å². The fourth-order valence-electron chi connectivity index (χ4n) is 1.06. The maximum Gasteiger partial charge on any atom is 0.141 e. The summed E-state index contributed by atoms with van der Waals surface area (Å²) in [5, 5.41) is 4.42. The Labute approximate surface area is 93.5 Å². The van der Waals surface area contributed by atoms with Crippen molar-refractivity contribution < 1.29 is 0 Å².